The Labute approximate surface area is 159 Å². The molecule has 1 aromatic heterocycles. The first kappa shape index (κ1) is 24.4. The zero-order valence-electron chi connectivity index (χ0n) is 12.8. The molecule has 1 fully saturated rings. The molecule has 4 nitrogen and oxygen atoms in total. The Morgan fingerprint density at radius 2 is 2.05 bits per heavy atom. The van der Waals surface area contributed by atoms with Crippen molar-refractivity contribution in [3.05, 3.63) is 25.9 Å². The van der Waals surface area contributed by atoms with Crippen LogP contribution in [0.2, 0.25) is 0 Å². The van der Waals surface area contributed by atoms with Gasteiger partial charge in [-0.1, -0.05) is 0 Å². The maximum atomic E-state index is 12.1. The van der Waals surface area contributed by atoms with E-state index in [2.05, 4.69) is 25.0 Å². The van der Waals surface area contributed by atoms with E-state index in [1.807, 2.05) is 29.6 Å². The Hall–Kier alpha value is 0.406. The van der Waals surface area contributed by atoms with Gasteiger partial charge in [0.1, 0.15) is 13.0 Å². The summed E-state index contributed by atoms with van der Waals surface area (Å²) in [5, 5.41) is 3.98. The van der Waals surface area contributed by atoms with Crippen molar-refractivity contribution in [3.8, 4) is 0 Å². The third-order valence-corrected chi connectivity index (χ3v) is 2.34. The second-order valence-electron chi connectivity index (χ2n) is 4.16. The molecule has 0 N–H and O–H groups in total. The van der Waals surface area contributed by atoms with E-state index in [-0.39, 0.29) is 58.8 Å². The molecule has 0 amide bonds. The SMILES string of the molecule is C=O.CC(C)n1c[c-]cn1.CN1CCC(F)C1.[CH3-].[K+]. The van der Waals surface area contributed by atoms with Crippen molar-refractivity contribution in [2.45, 2.75) is 32.5 Å². The monoisotopic (exact) mass is 296 g/mol. The van der Waals surface area contributed by atoms with Gasteiger partial charge < -0.3 is 27.9 Å². The van der Waals surface area contributed by atoms with Crippen LogP contribution in [0.5, 0.6) is 0 Å². The topological polar surface area (TPSA) is 38.1 Å². The molecule has 19 heavy (non-hydrogen) atoms. The molecular weight excluding hydrogens is 272 g/mol. The predicted molar refractivity (Wildman–Crippen MR) is 72.0 cm³/mol. The zero-order valence-corrected chi connectivity index (χ0v) is 15.9. The third-order valence-electron chi connectivity index (χ3n) is 2.34. The normalized spacial score (nSPS) is 17.2. The van der Waals surface area contributed by atoms with Crippen LogP contribution in [0.3, 0.4) is 0 Å². The summed E-state index contributed by atoms with van der Waals surface area (Å²) < 4.78 is 14.0. The largest absolute Gasteiger partial charge is 1.00 e. The van der Waals surface area contributed by atoms with Crippen LogP contribution in [0.25, 0.3) is 0 Å². The number of hydrogen-bond donors (Lipinski definition) is 0. The number of halogens is 1. The Morgan fingerprint density at radius 1 is 1.47 bits per heavy atom. The second-order valence-corrected chi connectivity index (χ2v) is 4.16. The molecule has 1 saturated heterocycles. The quantitative estimate of drug-likeness (QED) is 0.503. The number of rotatable bonds is 1. The fourth-order valence-electron chi connectivity index (χ4n) is 1.41. The van der Waals surface area contributed by atoms with Crippen LogP contribution in [-0.4, -0.2) is 47.8 Å². The van der Waals surface area contributed by atoms with Gasteiger partial charge in [0.05, 0.1) is 0 Å². The van der Waals surface area contributed by atoms with Crippen molar-refractivity contribution in [3.63, 3.8) is 0 Å². The number of nitrogens with zero attached hydrogens (tertiary/aromatic N) is 3. The Morgan fingerprint density at radius 3 is 2.21 bits per heavy atom. The Balaban J connectivity index is -0.000000219. The minimum Gasteiger partial charge on any atom is -0.432 e. The minimum absolute atomic E-state index is 0. The number of carbonyl (C=O) groups excluding carboxylic acids is 1. The summed E-state index contributed by atoms with van der Waals surface area (Å²) in [7, 11) is 1.94. The fraction of sp³-hybridized carbons (Fsp3) is 0.615. The molecule has 0 saturated carbocycles. The van der Waals surface area contributed by atoms with Gasteiger partial charge in [0.15, 0.2) is 0 Å². The van der Waals surface area contributed by atoms with Gasteiger partial charge >= 0.3 is 51.4 Å². The van der Waals surface area contributed by atoms with Crippen LogP contribution in [-0.2, 0) is 4.79 Å². The number of alkyl halides is 1. The van der Waals surface area contributed by atoms with Crippen molar-refractivity contribution in [2.75, 3.05) is 20.1 Å². The average Bonchev–Trinajstić information content (AvgIpc) is 2.93. The van der Waals surface area contributed by atoms with Gasteiger partial charge in [-0.25, -0.2) is 9.49 Å². The molecule has 1 aliphatic rings. The first-order valence-corrected chi connectivity index (χ1v) is 5.61. The molecule has 6 heteroatoms. The van der Waals surface area contributed by atoms with E-state index in [0.29, 0.717) is 12.6 Å². The van der Waals surface area contributed by atoms with Crippen LogP contribution in [0, 0.1) is 13.5 Å². The van der Waals surface area contributed by atoms with E-state index in [1.54, 1.807) is 6.20 Å². The summed E-state index contributed by atoms with van der Waals surface area (Å²) >= 11 is 0. The molecule has 0 radical (unpaired) electrons. The van der Waals surface area contributed by atoms with Gasteiger partial charge in [-0.2, -0.15) is 6.20 Å². The molecule has 1 aromatic rings. The number of carbonyl (C=O) groups is 1. The molecule has 0 aliphatic carbocycles. The Kier molecular flexibility index (Phi) is 19.0. The summed E-state index contributed by atoms with van der Waals surface area (Å²) in [6.45, 7) is 7.74. The van der Waals surface area contributed by atoms with Crippen LogP contribution in [0.15, 0.2) is 12.4 Å². The van der Waals surface area contributed by atoms with Crippen molar-refractivity contribution in [2.24, 2.45) is 0 Å². The van der Waals surface area contributed by atoms with Gasteiger partial charge in [0.25, 0.3) is 0 Å². The zero-order chi connectivity index (χ0) is 13.3. The van der Waals surface area contributed by atoms with Crippen LogP contribution >= 0.6 is 0 Å². The molecule has 2 heterocycles. The Bertz CT molecular complexity index is 275. The van der Waals surface area contributed by atoms with Crippen LogP contribution < -0.4 is 51.4 Å². The summed E-state index contributed by atoms with van der Waals surface area (Å²) in [4.78, 5) is 10.0. The maximum absolute atomic E-state index is 12.1. The maximum Gasteiger partial charge on any atom is 1.00 e. The third kappa shape index (κ3) is 11.9. The smallest absolute Gasteiger partial charge is 0.432 e. The van der Waals surface area contributed by atoms with Gasteiger partial charge in [-0.3, -0.25) is 0 Å². The van der Waals surface area contributed by atoms with E-state index >= 15 is 0 Å². The van der Waals surface area contributed by atoms with Gasteiger partial charge in [0.2, 0.25) is 0 Å². The minimum atomic E-state index is -0.551. The van der Waals surface area contributed by atoms with E-state index in [0.717, 1.165) is 13.0 Å². The van der Waals surface area contributed by atoms with Crippen molar-refractivity contribution in [1.29, 1.82) is 0 Å². The summed E-state index contributed by atoms with van der Waals surface area (Å²) in [5.74, 6) is 0. The number of hydrogen-bond acceptors (Lipinski definition) is 3. The molecule has 1 unspecified atom stereocenters. The van der Waals surface area contributed by atoms with Crippen molar-refractivity contribution < 1.29 is 60.6 Å². The van der Waals surface area contributed by atoms with Gasteiger partial charge in [-0.05, 0) is 27.3 Å². The van der Waals surface area contributed by atoms with E-state index in [9.17, 15) is 4.39 Å². The molecular formula is C13H24FKN3O-. The fourth-order valence-corrected chi connectivity index (χ4v) is 1.41. The van der Waals surface area contributed by atoms with E-state index in [1.165, 1.54) is 0 Å². The molecule has 2 rings (SSSR count). The van der Waals surface area contributed by atoms with Crippen LogP contribution in [0.1, 0.15) is 26.3 Å². The van der Waals surface area contributed by atoms with Gasteiger partial charge in [0, 0.05) is 19.1 Å². The number of aromatic nitrogens is 2. The summed E-state index contributed by atoms with van der Waals surface area (Å²) in [6, 6.07) is 3.32. The van der Waals surface area contributed by atoms with Crippen molar-refractivity contribution >= 4 is 6.79 Å². The van der Waals surface area contributed by atoms with E-state index < -0.39 is 6.17 Å². The summed E-state index contributed by atoms with van der Waals surface area (Å²) in [6.07, 6.45) is 3.69. The molecule has 0 aromatic carbocycles. The molecule has 1 atom stereocenters. The van der Waals surface area contributed by atoms with Gasteiger partial charge in [-0.15, -0.1) is 6.20 Å². The van der Waals surface area contributed by atoms with E-state index in [4.69, 9.17) is 4.79 Å². The molecule has 0 spiro atoms. The number of likely N-dealkylation sites (tertiary alicyclic amines) is 1. The summed E-state index contributed by atoms with van der Waals surface area (Å²) in [5.41, 5.74) is 0. The standard InChI is InChI=1S/C6H9N2.C5H10FN.CH2O.CH3.K/c1-6(2)8-5-3-4-7-8;1-7-3-2-5(6)4-7;1-2;;/h4-6H,1-2H3;5H,2-4H2,1H3;1H2;1H3;/q-1;;;-1;+1. The van der Waals surface area contributed by atoms with Crippen molar-refractivity contribution in [1.82, 2.24) is 14.7 Å². The average molecular weight is 296 g/mol. The second kappa shape index (κ2) is 14.8. The predicted octanol–water partition coefficient (Wildman–Crippen LogP) is -0.806. The first-order chi connectivity index (χ1) is 8.09. The van der Waals surface area contributed by atoms with Crippen LogP contribution in [0.4, 0.5) is 4.39 Å². The molecule has 0 bridgehead atoms. The first-order valence-electron chi connectivity index (χ1n) is 5.61. The molecule has 106 valence electrons. The molecule has 1 aliphatic heterocycles.